The smallest absolute Gasteiger partial charge is 0.245 e. The third kappa shape index (κ3) is 5.10. The third-order valence-corrected chi connectivity index (χ3v) is 5.76. The molecule has 1 aromatic carbocycles. The normalized spacial score (nSPS) is 14.5. The molecule has 0 radical (unpaired) electrons. The quantitative estimate of drug-likeness (QED) is 0.569. The van der Waals surface area contributed by atoms with Crippen LogP contribution in [-0.2, 0) is 10.0 Å². The lowest BCUT2D eigenvalue weighted by Gasteiger charge is -2.16. The number of primary sulfonamides is 1. The van der Waals surface area contributed by atoms with Crippen molar-refractivity contribution in [3.63, 3.8) is 0 Å². The molecule has 1 aliphatic rings. The van der Waals surface area contributed by atoms with Gasteiger partial charge in [-0.05, 0) is 62.4 Å². The van der Waals surface area contributed by atoms with E-state index in [9.17, 15) is 8.42 Å². The van der Waals surface area contributed by atoms with Crippen LogP contribution in [-0.4, -0.2) is 30.0 Å². The maximum atomic E-state index is 11.4. The minimum absolute atomic E-state index is 0.0655. The van der Waals surface area contributed by atoms with Crippen molar-refractivity contribution < 1.29 is 13.2 Å². The Balaban J connectivity index is 1.61. The zero-order valence-corrected chi connectivity index (χ0v) is 18.1. The first-order valence-electron chi connectivity index (χ1n) is 10.1. The first-order valence-corrected chi connectivity index (χ1v) is 11.6. The molecule has 0 bridgehead atoms. The van der Waals surface area contributed by atoms with E-state index in [0.29, 0.717) is 41.1 Å². The minimum Gasteiger partial charge on any atom is -0.476 e. The van der Waals surface area contributed by atoms with Gasteiger partial charge in [-0.15, -0.1) is 0 Å². The fourth-order valence-corrected chi connectivity index (χ4v) is 3.50. The van der Waals surface area contributed by atoms with Crippen molar-refractivity contribution in [2.24, 2.45) is 11.1 Å². The highest BCUT2D eigenvalue weighted by molar-refractivity contribution is 7.89. The van der Waals surface area contributed by atoms with Crippen molar-refractivity contribution in [2.45, 2.75) is 37.6 Å². The molecule has 0 unspecified atom stereocenters. The second kappa shape index (κ2) is 8.49. The van der Waals surface area contributed by atoms with Crippen LogP contribution in [0.1, 0.15) is 44.0 Å². The highest BCUT2D eigenvalue weighted by Gasteiger charge is 2.18. The van der Waals surface area contributed by atoms with E-state index >= 15 is 0 Å². The van der Waals surface area contributed by atoms with Crippen LogP contribution >= 0.6 is 0 Å². The number of fused-ring (bicyclic) bond motifs is 1. The van der Waals surface area contributed by atoms with Gasteiger partial charge >= 0.3 is 0 Å². The van der Waals surface area contributed by atoms with Crippen LogP contribution in [0.4, 0.5) is 5.95 Å². The molecule has 3 aromatic rings. The highest BCUT2D eigenvalue weighted by Crippen LogP contribution is 2.28. The number of nitrogens with two attached hydrogens (primary N) is 1. The highest BCUT2D eigenvalue weighted by atomic mass is 32.2. The predicted octanol–water partition coefficient (Wildman–Crippen LogP) is 3.01. The van der Waals surface area contributed by atoms with Crippen LogP contribution in [0.5, 0.6) is 5.88 Å². The van der Waals surface area contributed by atoms with Crippen LogP contribution in [0.25, 0.3) is 11.0 Å². The zero-order chi connectivity index (χ0) is 22.0. The molecular weight excluding hydrogens is 414 g/mol. The van der Waals surface area contributed by atoms with Crippen LogP contribution in [0, 0.1) is 17.8 Å². The van der Waals surface area contributed by atoms with Crippen molar-refractivity contribution in [1.29, 1.82) is 0 Å². The summed E-state index contributed by atoms with van der Waals surface area (Å²) in [5, 5.41) is 8.39. The van der Waals surface area contributed by atoms with Crippen LogP contribution in [0.3, 0.4) is 0 Å². The number of ether oxygens (including phenoxy) is 1. The second-order valence-corrected chi connectivity index (χ2v) is 8.93. The molecule has 0 saturated heterocycles. The van der Waals surface area contributed by atoms with Gasteiger partial charge in [0.05, 0.1) is 23.1 Å². The molecule has 0 amide bonds. The molecule has 4 rings (SSSR count). The SMILES string of the molecule is CCOc1nc(N[C@H](C)c2ccc(S(N)(=O)=O)cc2)nc2ccc(C#CC3CC3)nc12. The Morgan fingerprint density at radius 2 is 1.90 bits per heavy atom. The van der Waals surface area contributed by atoms with E-state index in [2.05, 4.69) is 32.1 Å². The third-order valence-electron chi connectivity index (χ3n) is 4.83. The monoisotopic (exact) mass is 437 g/mol. The van der Waals surface area contributed by atoms with Gasteiger partial charge in [0.25, 0.3) is 0 Å². The molecule has 8 nitrogen and oxygen atoms in total. The largest absolute Gasteiger partial charge is 0.476 e. The minimum atomic E-state index is -3.73. The molecule has 31 heavy (non-hydrogen) atoms. The molecule has 1 aliphatic carbocycles. The van der Waals surface area contributed by atoms with Gasteiger partial charge < -0.3 is 10.1 Å². The number of rotatable bonds is 6. The number of hydrogen-bond acceptors (Lipinski definition) is 7. The van der Waals surface area contributed by atoms with E-state index in [1.807, 2.05) is 26.0 Å². The number of nitrogens with one attached hydrogen (secondary N) is 1. The van der Waals surface area contributed by atoms with Gasteiger partial charge in [-0.2, -0.15) is 4.98 Å². The lowest BCUT2D eigenvalue weighted by Crippen LogP contribution is -2.13. The first kappa shape index (κ1) is 21.0. The molecule has 9 heteroatoms. The van der Waals surface area contributed by atoms with Crippen molar-refractivity contribution >= 4 is 27.0 Å². The number of anilines is 1. The van der Waals surface area contributed by atoms with E-state index in [1.165, 1.54) is 12.1 Å². The summed E-state index contributed by atoms with van der Waals surface area (Å²) in [6.45, 7) is 4.25. The number of pyridine rings is 1. The summed E-state index contributed by atoms with van der Waals surface area (Å²) in [5.74, 6) is 7.59. The number of hydrogen-bond donors (Lipinski definition) is 2. The number of sulfonamides is 1. The van der Waals surface area contributed by atoms with E-state index in [4.69, 9.17) is 9.88 Å². The summed E-state index contributed by atoms with van der Waals surface area (Å²) in [4.78, 5) is 13.7. The molecule has 2 aromatic heterocycles. The Morgan fingerprint density at radius 1 is 1.16 bits per heavy atom. The lowest BCUT2D eigenvalue weighted by molar-refractivity contribution is 0.330. The van der Waals surface area contributed by atoms with Gasteiger partial charge in [0.2, 0.25) is 21.9 Å². The summed E-state index contributed by atoms with van der Waals surface area (Å²) in [6.07, 6.45) is 2.32. The van der Waals surface area contributed by atoms with E-state index in [-0.39, 0.29) is 10.9 Å². The van der Waals surface area contributed by atoms with Crippen LogP contribution in [0.15, 0.2) is 41.3 Å². The molecule has 160 valence electrons. The zero-order valence-electron chi connectivity index (χ0n) is 17.3. The molecule has 0 aliphatic heterocycles. The Labute approximate surface area is 181 Å². The fourth-order valence-electron chi connectivity index (χ4n) is 2.99. The molecular formula is C22H23N5O3S. The summed E-state index contributed by atoms with van der Waals surface area (Å²) < 4.78 is 28.6. The van der Waals surface area contributed by atoms with E-state index < -0.39 is 10.0 Å². The summed E-state index contributed by atoms with van der Waals surface area (Å²) >= 11 is 0. The van der Waals surface area contributed by atoms with Crippen LogP contribution < -0.4 is 15.2 Å². The van der Waals surface area contributed by atoms with Gasteiger partial charge in [0.15, 0.2) is 5.52 Å². The Kier molecular flexibility index (Phi) is 5.76. The molecule has 1 saturated carbocycles. The maximum absolute atomic E-state index is 11.4. The molecule has 2 heterocycles. The van der Waals surface area contributed by atoms with E-state index in [0.717, 1.165) is 18.4 Å². The van der Waals surface area contributed by atoms with Crippen molar-refractivity contribution in [2.75, 3.05) is 11.9 Å². The fraction of sp³-hybridized carbons (Fsp3) is 0.318. The van der Waals surface area contributed by atoms with E-state index in [1.54, 1.807) is 12.1 Å². The van der Waals surface area contributed by atoms with Crippen molar-refractivity contribution in [3.8, 4) is 17.7 Å². The topological polar surface area (TPSA) is 120 Å². The standard InChI is InChI=1S/C22H23N5O3S/c1-3-30-21-20-19(13-10-17(25-20)9-6-15-4-5-15)26-22(27-21)24-14(2)16-7-11-18(12-8-16)31(23,28)29/h7-8,10-15H,3-5H2,1-2H3,(H2,23,28,29)(H,24,26,27)/t14-/m1/s1. The summed E-state index contributed by atoms with van der Waals surface area (Å²) in [5.41, 5.74) is 2.75. The summed E-state index contributed by atoms with van der Waals surface area (Å²) in [6, 6.07) is 9.88. The number of benzene rings is 1. The average molecular weight is 438 g/mol. The molecule has 0 spiro atoms. The lowest BCUT2D eigenvalue weighted by atomic mass is 10.1. The van der Waals surface area contributed by atoms with Crippen molar-refractivity contribution in [1.82, 2.24) is 15.0 Å². The number of nitrogens with zero attached hydrogens (tertiary/aromatic N) is 3. The molecule has 1 atom stereocenters. The Morgan fingerprint density at radius 3 is 2.55 bits per heavy atom. The Hall–Kier alpha value is -3.22. The summed E-state index contributed by atoms with van der Waals surface area (Å²) in [7, 11) is -3.73. The average Bonchev–Trinajstić information content (AvgIpc) is 3.56. The van der Waals surface area contributed by atoms with Gasteiger partial charge in [-0.1, -0.05) is 18.1 Å². The second-order valence-electron chi connectivity index (χ2n) is 7.37. The van der Waals surface area contributed by atoms with Gasteiger partial charge in [-0.25, -0.2) is 23.5 Å². The van der Waals surface area contributed by atoms with Crippen LogP contribution in [0.2, 0.25) is 0 Å². The van der Waals surface area contributed by atoms with Gasteiger partial charge in [0.1, 0.15) is 5.69 Å². The van der Waals surface area contributed by atoms with Crippen molar-refractivity contribution in [3.05, 3.63) is 47.7 Å². The van der Waals surface area contributed by atoms with Gasteiger partial charge in [-0.3, -0.25) is 0 Å². The molecule has 3 N–H and O–H groups in total. The first-order chi connectivity index (χ1) is 14.8. The maximum Gasteiger partial charge on any atom is 0.245 e. The van der Waals surface area contributed by atoms with Gasteiger partial charge in [0, 0.05) is 5.92 Å². The molecule has 1 fully saturated rings. The number of aromatic nitrogens is 3. The predicted molar refractivity (Wildman–Crippen MR) is 118 cm³/mol. The Bertz CT molecular complexity index is 1280.